The third kappa shape index (κ3) is 4.02. The number of amides is 1. The van der Waals surface area contributed by atoms with Gasteiger partial charge in [-0.05, 0) is 67.2 Å². The van der Waals surface area contributed by atoms with Gasteiger partial charge in [-0.1, -0.05) is 24.6 Å². The monoisotopic (exact) mass is 452 g/mol. The highest BCUT2D eigenvalue weighted by Crippen LogP contribution is 2.38. The van der Waals surface area contributed by atoms with Crippen LogP contribution in [0.5, 0.6) is 0 Å². The summed E-state index contributed by atoms with van der Waals surface area (Å²) < 4.78 is 2.12. The molecule has 0 spiro atoms. The van der Waals surface area contributed by atoms with Gasteiger partial charge in [0.25, 0.3) is 5.91 Å². The number of hydrogen-bond donors (Lipinski definition) is 1. The van der Waals surface area contributed by atoms with E-state index in [4.69, 9.17) is 0 Å². The quantitative estimate of drug-likeness (QED) is 0.582. The maximum atomic E-state index is 13.2. The van der Waals surface area contributed by atoms with Gasteiger partial charge in [0.1, 0.15) is 12.4 Å². The lowest BCUT2D eigenvalue weighted by atomic mass is 9.82. The molecule has 2 aliphatic carbocycles. The summed E-state index contributed by atoms with van der Waals surface area (Å²) in [5.41, 5.74) is 4.92. The minimum absolute atomic E-state index is 0.0794. The van der Waals surface area contributed by atoms with Crippen LogP contribution in [-0.4, -0.2) is 43.6 Å². The zero-order valence-corrected chi connectivity index (χ0v) is 19.3. The Morgan fingerprint density at radius 2 is 1.97 bits per heavy atom. The first-order valence-electron chi connectivity index (χ1n) is 12.0. The van der Waals surface area contributed by atoms with Crippen molar-refractivity contribution < 1.29 is 4.79 Å². The van der Waals surface area contributed by atoms with Crippen LogP contribution < -0.4 is 5.32 Å². The number of aromatic nitrogens is 4. The largest absolute Gasteiger partial charge is 0.366 e. The molecule has 3 heterocycles. The fourth-order valence-electron chi connectivity index (χ4n) is 4.63. The lowest BCUT2D eigenvalue weighted by Gasteiger charge is -2.28. The molecule has 2 fully saturated rings. The molecular weight excluding hydrogens is 424 g/mol. The molecule has 1 atom stereocenters. The van der Waals surface area contributed by atoms with E-state index >= 15 is 0 Å². The molecule has 1 amide bonds. The van der Waals surface area contributed by atoms with Crippen molar-refractivity contribution >= 4 is 17.2 Å². The van der Waals surface area contributed by atoms with E-state index in [0.29, 0.717) is 12.0 Å². The predicted octanol–water partition coefficient (Wildman–Crippen LogP) is 4.79. The summed E-state index contributed by atoms with van der Waals surface area (Å²) in [6, 6.07) is 12.2. The Hall–Kier alpha value is -3.74. The Labute approximate surface area is 199 Å². The van der Waals surface area contributed by atoms with Crippen LogP contribution in [0.15, 0.2) is 67.3 Å². The molecule has 0 bridgehead atoms. The number of benzene rings is 1. The van der Waals surface area contributed by atoms with E-state index in [9.17, 15) is 4.79 Å². The number of pyridine rings is 1. The normalized spacial score (nSPS) is 20.1. The van der Waals surface area contributed by atoms with Crippen LogP contribution in [0.2, 0.25) is 0 Å². The van der Waals surface area contributed by atoms with Crippen molar-refractivity contribution in [3.63, 3.8) is 0 Å². The average molecular weight is 453 g/mol. The number of likely N-dealkylation sites (N-methyl/N-ethyl adjacent to an activating group) is 1. The van der Waals surface area contributed by atoms with Crippen LogP contribution in [0.25, 0.3) is 17.0 Å². The molecular formula is C27H28N6O. The number of carbonyl (C=O) groups is 1. The molecule has 3 aliphatic rings. The number of hydrogen-bond acceptors (Lipinski definition) is 5. The van der Waals surface area contributed by atoms with Gasteiger partial charge in [0.2, 0.25) is 0 Å². The van der Waals surface area contributed by atoms with E-state index in [0.717, 1.165) is 41.1 Å². The van der Waals surface area contributed by atoms with Crippen molar-refractivity contribution in [3.05, 3.63) is 78.5 Å². The molecule has 2 aromatic heterocycles. The second kappa shape index (κ2) is 8.56. The molecule has 0 radical (unpaired) electrons. The minimum atomic E-state index is -0.412. The summed E-state index contributed by atoms with van der Waals surface area (Å²) in [5.74, 6) is 1.38. The zero-order valence-electron chi connectivity index (χ0n) is 19.3. The number of allylic oxidation sites excluding steroid dienone is 2. The van der Waals surface area contributed by atoms with Crippen LogP contribution >= 0.6 is 0 Å². The first-order chi connectivity index (χ1) is 16.7. The fraction of sp³-hybridized carbons (Fsp3) is 0.333. The Morgan fingerprint density at radius 3 is 2.71 bits per heavy atom. The first kappa shape index (κ1) is 20.8. The van der Waals surface area contributed by atoms with Crippen molar-refractivity contribution in [2.24, 2.45) is 0 Å². The second-order valence-electron chi connectivity index (χ2n) is 9.51. The Kier molecular flexibility index (Phi) is 5.24. The molecule has 34 heavy (non-hydrogen) atoms. The topological polar surface area (TPSA) is 75.9 Å². The van der Waals surface area contributed by atoms with Crippen molar-refractivity contribution in [3.8, 4) is 11.4 Å². The number of carbonyl (C=O) groups excluding carboxylic acids is 1. The van der Waals surface area contributed by atoms with Crippen molar-refractivity contribution in [1.29, 1.82) is 0 Å². The van der Waals surface area contributed by atoms with Gasteiger partial charge in [0, 0.05) is 48.3 Å². The van der Waals surface area contributed by atoms with Gasteiger partial charge in [-0.25, -0.2) is 0 Å². The lowest BCUT2D eigenvalue weighted by Crippen LogP contribution is -2.39. The standard InChI is InChI=1S/C27H28N6O/c1-32-13-12-19(21-8-11-24(28-16-21)18-4-2-5-18)15-25(32)27(34)30-22-7-3-6-20(14-22)26-31-29-17-33(26)23-9-10-23/h3,6-8,11-18,23,25H,2,4-5,9-10H2,1H3,(H,30,34). The van der Waals surface area contributed by atoms with E-state index in [-0.39, 0.29) is 5.91 Å². The van der Waals surface area contributed by atoms with Gasteiger partial charge in [-0.15, -0.1) is 10.2 Å². The van der Waals surface area contributed by atoms with Gasteiger partial charge in [0.15, 0.2) is 5.82 Å². The van der Waals surface area contributed by atoms with Gasteiger partial charge in [-0.3, -0.25) is 9.78 Å². The zero-order chi connectivity index (χ0) is 23.1. The summed E-state index contributed by atoms with van der Waals surface area (Å²) in [6.45, 7) is 0. The molecule has 1 unspecified atom stereocenters. The maximum absolute atomic E-state index is 13.2. The van der Waals surface area contributed by atoms with Crippen LogP contribution in [0.1, 0.15) is 55.3 Å². The third-order valence-electron chi connectivity index (χ3n) is 7.08. The summed E-state index contributed by atoms with van der Waals surface area (Å²) >= 11 is 0. The van der Waals surface area contributed by atoms with Crippen LogP contribution in [-0.2, 0) is 4.79 Å². The second-order valence-corrected chi connectivity index (χ2v) is 9.51. The Bertz CT molecular complexity index is 1270. The molecule has 7 heteroatoms. The highest BCUT2D eigenvalue weighted by molar-refractivity contribution is 5.98. The third-order valence-corrected chi connectivity index (χ3v) is 7.08. The van der Waals surface area contributed by atoms with E-state index in [1.54, 1.807) is 6.33 Å². The smallest absolute Gasteiger partial charge is 0.251 e. The first-order valence-corrected chi connectivity index (χ1v) is 12.0. The van der Waals surface area contributed by atoms with Crippen LogP contribution in [0.4, 0.5) is 5.69 Å². The van der Waals surface area contributed by atoms with E-state index < -0.39 is 6.04 Å². The van der Waals surface area contributed by atoms with Crippen molar-refractivity contribution in [1.82, 2.24) is 24.6 Å². The van der Waals surface area contributed by atoms with Crippen LogP contribution in [0.3, 0.4) is 0 Å². The fourth-order valence-corrected chi connectivity index (χ4v) is 4.63. The van der Waals surface area contributed by atoms with Gasteiger partial charge >= 0.3 is 0 Å². The van der Waals surface area contributed by atoms with Crippen molar-refractivity contribution in [2.75, 3.05) is 12.4 Å². The highest BCUT2D eigenvalue weighted by atomic mass is 16.2. The summed E-state index contributed by atoms with van der Waals surface area (Å²) in [4.78, 5) is 19.9. The molecule has 7 nitrogen and oxygen atoms in total. The highest BCUT2D eigenvalue weighted by Gasteiger charge is 2.27. The maximum Gasteiger partial charge on any atom is 0.251 e. The number of nitrogens with zero attached hydrogens (tertiary/aromatic N) is 5. The van der Waals surface area contributed by atoms with Gasteiger partial charge in [-0.2, -0.15) is 0 Å². The molecule has 2 saturated carbocycles. The lowest BCUT2D eigenvalue weighted by molar-refractivity contribution is -0.118. The van der Waals surface area contributed by atoms with Crippen LogP contribution in [0, 0.1) is 0 Å². The van der Waals surface area contributed by atoms with E-state index in [2.05, 4.69) is 37.2 Å². The molecule has 1 aliphatic heterocycles. The average Bonchev–Trinajstić information content (AvgIpc) is 3.55. The minimum Gasteiger partial charge on any atom is -0.366 e. The van der Waals surface area contributed by atoms with Gasteiger partial charge < -0.3 is 14.8 Å². The summed E-state index contributed by atoms with van der Waals surface area (Å²) in [5, 5.41) is 11.5. The van der Waals surface area contributed by atoms with Crippen molar-refractivity contribution in [2.45, 2.75) is 50.1 Å². The van der Waals surface area contributed by atoms with E-state index in [1.807, 2.05) is 60.8 Å². The molecule has 0 saturated heterocycles. The summed E-state index contributed by atoms with van der Waals surface area (Å²) in [7, 11) is 1.92. The molecule has 6 rings (SSSR count). The molecule has 172 valence electrons. The number of rotatable bonds is 6. The molecule has 1 N–H and O–H groups in total. The van der Waals surface area contributed by atoms with Gasteiger partial charge in [0.05, 0.1) is 0 Å². The SMILES string of the molecule is CN1C=CC(c2ccc(C3CCC3)nc2)=CC1C(=O)Nc1cccc(-c2nncn2C2CC2)c1. The molecule has 1 aromatic carbocycles. The number of nitrogens with one attached hydrogen (secondary N) is 1. The van der Waals surface area contributed by atoms with E-state index in [1.165, 1.54) is 25.0 Å². The predicted molar refractivity (Wildman–Crippen MR) is 132 cm³/mol. The summed E-state index contributed by atoms with van der Waals surface area (Å²) in [6.07, 6.45) is 15.8. The molecule has 3 aromatic rings. The Morgan fingerprint density at radius 1 is 1.09 bits per heavy atom. The Balaban J connectivity index is 1.19. The number of anilines is 1.